The summed E-state index contributed by atoms with van der Waals surface area (Å²) in [5.74, 6) is 4.59. The number of rotatable bonds is 6. The molecule has 1 aromatic carbocycles. The van der Waals surface area contributed by atoms with Gasteiger partial charge in [-0.3, -0.25) is 4.79 Å². The molecule has 0 aliphatic heterocycles. The molecule has 0 unspecified atom stereocenters. The van der Waals surface area contributed by atoms with E-state index < -0.39 is 0 Å². The Bertz CT molecular complexity index is 1170. The first-order valence-electron chi connectivity index (χ1n) is 12.2. The Morgan fingerprint density at radius 1 is 0.794 bits per heavy atom. The Morgan fingerprint density at radius 3 is 2.03 bits per heavy atom. The molecule has 7 heteroatoms. The summed E-state index contributed by atoms with van der Waals surface area (Å²) in [5.41, 5.74) is 2.73. The number of carbonyl (C=O) groups excluding carboxylic acids is 1. The number of anilines is 5. The average molecular weight is 455 g/mol. The molecule has 34 heavy (non-hydrogen) atoms. The molecule has 0 spiro atoms. The Labute approximate surface area is 199 Å². The second-order valence-electron chi connectivity index (χ2n) is 10.5. The summed E-state index contributed by atoms with van der Waals surface area (Å²) in [6.45, 7) is 2.02. The van der Waals surface area contributed by atoms with Gasteiger partial charge in [-0.25, -0.2) is 15.0 Å². The van der Waals surface area contributed by atoms with E-state index in [0.717, 1.165) is 59.8 Å². The van der Waals surface area contributed by atoms with Gasteiger partial charge in [0, 0.05) is 23.6 Å². The van der Waals surface area contributed by atoms with Crippen molar-refractivity contribution >= 4 is 34.7 Å². The van der Waals surface area contributed by atoms with Gasteiger partial charge in [-0.1, -0.05) is 0 Å². The highest BCUT2D eigenvalue weighted by Crippen LogP contribution is 2.60. The van der Waals surface area contributed by atoms with Crippen LogP contribution in [0.25, 0.3) is 0 Å². The number of hydrogen-bond donors (Lipinski definition) is 3. The van der Waals surface area contributed by atoms with E-state index in [4.69, 9.17) is 0 Å². The Morgan fingerprint density at radius 2 is 1.38 bits per heavy atom. The van der Waals surface area contributed by atoms with Crippen LogP contribution in [-0.2, 0) is 4.79 Å². The Balaban J connectivity index is 1.10. The maximum atomic E-state index is 13.3. The van der Waals surface area contributed by atoms with Crippen molar-refractivity contribution in [1.82, 2.24) is 15.0 Å². The Hall–Kier alpha value is -3.48. The molecule has 0 saturated heterocycles. The molecule has 4 aliphatic rings. The van der Waals surface area contributed by atoms with Crippen molar-refractivity contribution in [2.24, 2.45) is 23.2 Å². The van der Waals surface area contributed by atoms with Gasteiger partial charge in [0.05, 0.1) is 5.41 Å². The molecule has 7 rings (SSSR count). The number of benzene rings is 1. The summed E-state index contributed by atoms with van der Waals surface area (Å²) in [4.78, 5) is 26.2. The van der Waals surface area contributed by atoms with Crippen LogP contribution < -0.4 is 16.0 Å². The van der Waals surface area contributed by atoms with Crippen molar-refractivity contribution in [2.75, 3.05) is 16.0 Å². The lowest BCUT2D eigenvalue weighted by atomic mass is 9.49. The van der Waals surface area contributed by atoms with E-state index >= 15 is 0 Å². The highest BCUT2D eigenvalue weighted by molar-refractivity contribution is 5.95. The van der Waals surface area contributed by atoms with Gasteiger partial charge in [-0.2, -0.15) is 0 Å². The second kappa shape index (κ2) is 8.38. The van der Waals surface area contributed by atoms with Crippen molar-refractivity contribution in [3.05, 3.63) is 60.6 Å². The highest BCUT2D eigenvalue weighted by Gasteiger charge is 2.54. The summed E-state index contributed by atoms with van der Waals surface area (Å²) in [5, 5.41) is 9.73. The molecule has 4 bridgehead atoms. The molecule has 0 radical (unpaired) electrons. The van der Waals surface area contributed by atoms with Crippen LogP contribution in [0, 0.1) is 30.1 Å². The second-order valence-corrected chi connectivity index (χ2v) is 10.5. The monoisotopic (exact) mass is 454 g/mol. The zero-order valence-corrected chi connectivity index (χ0v) is 19.4. The first-order valence-corrected chi connectivity index (χ1v) is 12.2. The van der Waals surface area contributed by atoms with Gasteiger partial charge in [0.1, 0.15) is 23.8 Å². The van der Waals surface area contributed by atoms with Crippen LogP contribution in [0.5, 0.6) is 0 Å². The fourth-order valence-electron chi connectivity index (χ4n) is 6.67. The van der Waals surface area contributed by atoms with E-state index in [1.807, 2.05) is 49.4 Å². The molecule has 3 N–H and O–H groups in total. The number of hydrogen-bond acceptors (Lipinski definition) is 6. The van der Waals surface area contributed by atoms with Gasteiger partial charge < -0.3 is 16.0 Å². The first-order chi connectivity index (χ1) is 16.5. The van der Waals surface area contributed by atoms with E-state index in [0.29, 0.717) is 11.6 Å². The van der Waals surface area contributed by atoms with Crippen molar-refractivity contribution in [2.45, 2.75) is 45.4 Å². The fourth-order valence-corrected chi connectivity index (χ4v) is 6.67. The van der Waals surface area contributed by atoms with E-state index in [-0.39, 0.29) is 11.3 Å². The summed E-state index contributed by atoms with van der Waals surface area (Å²) in [7, 11) is 0. The lowest BCUT2D eigenvalue weighted by Gasteiger charge is -2.55. The van der Waals surface area contributed by atoms with Crippen molar-refractivity contribution in [1.29, 1.82) is 0 Å². The molecule has 174 valence electrons. The minimum atomic E-state index is -0.137. The predicted molar refractivity (Wildman–Crippen MR) is 133 cm³/mol. The molecule has 7 nitrogen and oxygen atoms in total. The standard InChI is InChI=1S/C27H30N6O/c1-17-6-7-28-23(8-17)33-25-12-24(29-16-30-25)31-21-2-4-22(5-3-21)32-26(34)27-13-18-9-19(14-27)11-20(10-18)15-27/h2-8,12,16,18-20H,9-11,13-15H2,1H3,(H,32,34)(H2,28,29,30,31,33). The SMILES string of the molecule is Cc1ccnc(Nc2cc(Nc3ccc(NC(=O)C45CC6CC(CC(C6)C4)C5)cc3)ncn2)c1. The van der Waals surface area contributed by atoms with E-state index in [1.165, 1.54) is 25.6 Å². The molecule has 2 aromatic heterocycles. The largest absolute Gasteiger partial charge is 0.340 e. The van der Waals surface area contributed by atoms with Gasteiger partial charge in [-0.05, 0) is 105 Å². The maximum absolute atomic E-state index is 13.3. The quantitative estimate of drug-likeness (QED) is 0.435. The molecule has 3 aromatic rings. The smallest absolute Gasteiger partial charge is 0.230 e. The molecule has 0 atom stereocenters. The normalized spacial score (nSPS) is 26.8. The van der Waals surface area contributed by atoms with E-state index in [9.17, 15) is 4.79 Å². The number of aryl methyl sites for hydroxylation is 1. The average Bonchev–Trinajstić information content (AvgIpc) is 2.80. The summed E-state index contributed by atoms with van der Waals surface area (Å²) < 4.78 is 0. The number of pyridine rings is 1. The molecule has 4 aliphatic carbocycles. The van der Waals surface area contributed by atoms with Gasteiger partial charge in [0.25, 0.3) is 0 Å². The topological polar surface area (TPSA) is 91.8 Å². The van der Waals surface area contributed by atoms with Crippen LogP contribution in [0.3, 0.4) is 0 Å². The molecule has 1 amide bonds. The minimum absolute atomic E-state index is 0.137. The van der Waals surface area contributed by atoms with Crippen LogP contribution in [-0.4, -0.2) is 20.9 Å². The Kier molecular flexibility index (Phi) is 5.20. The molecule has 2 heterocycles. The first kappa shape index (κ1) is 21.1. The van der Waals surface area contributed by atoms with Crippen LogP contribution >= 0.6 is 0 Å². The van der Waals surface area contributed by atoms with Gasteiger partial charge in [0.2, 0.25) is 5.91 Å². The summed E-state index contributed by atoms with van der Waals surface area (Å²) >= 11 is 0. The van der Waals surface area contributed by atoms with E-state index in [2.05, 4.69) is 30.9 Å². The van der Waals surface area contributed by atoms with Crippen LogP contribution in [0.4, 0.5) is 28.8 Å². The van der Waals surface area contributed by atoms with Gasteiger partial charge in [-0.15, -0.1) is 0 Å². The lowest BCUT2D eigenvalue weighted by Crippen LogP contribution is -2.51. The van der Waals surface area contributed by atoms with Crippen LogP contribution in [0.15, 0.2) is 55.0 Å². The third-order valence-corrected chi connectivity index (χ3v) is 7.77. The van der Waals surface area contributed by atoms with Crippen LogP contribution in [0.1, 0.15) is 44.1 Å². The molecule has 4 fully saturated rings. The zero-order valence-electron chi connectivity index (χ0n) is 19.4. The van der Waals surface area contributed by atoms with E-state index in [1.54, 1.807) is 6.20 Å². The lowest BCUT2D eigenvalue weighted by molar-refractivity contribution is -0.140. The number of nitrogens with zero attached hydrogens (tertiary/aromatic N) is 3. The third-order valence-electron chi connectivity index (χ3n) is 7.77. The summed E-state index contributed by atoms with van der Waals surface area (Å²) in [6, 6.07) is 13.6. The van der Waals surface area contributed by atoms with Crippen molar-refractivity contribution in [3.8, 4) is 0 Å². The minimum Gasteiger partial charge on any atom is -0.340 e. The number of aromatic nitrogens is 3. The predicted octanol–water partition coefficient (Wildman–Crippen LogP) is 5.82. The van der Waals surface area contributed by atoms with Gasteiger partial charge >= 0.3 is 0 Å². The molecular weight excluding hydrogens is 424 g/mol. The highest BCUT2D eigenvalue weighted by atomic mass is 16.2. The van der Waals surface area contributed by atoms with Gasteiger partial charge in [0.15, 0.2) is 0 Å². The fraction of sp³-hybridized carbons (Fsp3) is 0.407. The van der Waals surface area contributed by atoms with Crippen molar-refractivity contribution < 1.29 is 4.79 Å². The van der Waals surface area contributed by atoms with Crippen LogP contribution in [0.2, 0.25) is 0 Å². The number of carbonyl (C=O) groups is 1. The zero-order chi connectivity index (χ0) is 23.1. The molecular formula is C27H30N6O. The maximum Gasteiger partial charge on any atom is 0.230 e. The summed E-state index contributed by atoms with van der Waals surface area (Å²) in [6.07, 6.45) is 10.5. The number of nitrogens with one attached hydrogen (secondary N) is 3. The number of amides is 1. The van der Waals surface area contributed by atoms with Crippen molar-refractivity contribution in [3.63, 3.8) is 0 Å². The molecule has 4 saturated carbocycles. The third kappa shape index (κ3) is 4.22.